The second kappa shape index (κ2) is 8.75. The summed E-state index contributed by atoms with van der Waals surface area (Å²) in [4.78, 5) is 14.2. The summed E-state index contributed by atoms with van der Waals surface area (Å²) in [6, 6.07) is 5.12. The summed E-state index contributed by atoms with van der Waals surface area (Å²) in [6.07, 6.45) is 0. The van der Waals surface area contributed by atoms with Crippen molar-refractivity contribution in [2.24, 2.45) is 11.8 Å². The maximum Gasteiger partial charge on any atom is 0.325 e. The first-order valence-corrected chi connectivity index (χ1v) is 9.07. The van der Waals surface area contributed by atoms with Gasteiger partial charge in [0.25, 0.3) is 0 Å². The molecule has 0 aliphatic heterocycles. The van der Waals surface area contributed by atoms with Crippen molar-refractivity contribution in [2.75, 3.05) is 28.6 Å². The van der Waals surface area contributed by atoms with Crippen molar-refractivity contribution in [3.05, 3.63) is 30.1 Å². The average molecular weight is 365 g/mol. The summed E-state index contributed by atoms with van der Waals surface area (Å²) in [5.41, 5.74) is 0.505. The van der Waals surface area contributed by atoms with Gasteiger partial charge in [0.15, 0.2) is 0 Å². The first-order valence-electron chi connectivity index (χ1n) is 8.25. The first kappa shape index (κ1) is 19.1. The predicted octanol–water partition coefficient (Wildman–Crippen LogP) is 4.44. The van der Waals surface area contributed by atoms with Crippen LogP contribution in [0.5, 0.6) is 0 Å². The van der Waals surface area contributed by atoms with E-state index in [1.54, 1.807) is 0 Å². The Balaban J connectivity index is 1.98. The number of carbonyl (C=O) groups is 1. The van der Waals surface area contributed by atoms with Gasteiger partial charge in [-0.1, -0.05) is 39.0 Å². The molecular weight excluding hydrogens is 341 g/mol. The van der Waals surface area contributed by atoms with Gasteiger partial charge in [0, 0.05) is 18.8 Å². The van der Waals surface area contributed by atoms with Crippen LogP contribution in [0.4, 0.5) is 25.1 Å². The fraction of sp³-hybridized carbons (Fsp3) is 0.471. The van der Waals surface area contributed by atoms with Gasteiger partial charge in [-0.25, -0.2) is 9.18 Å². The minimum absolute atomic E-state index is 0.352. The van der Waals surface area contributed by atoms with Crippen molar-refractivity contribution in [2.45, 2.75) is 27.7 Å². The van der Waals surface area contributed by atoms with Crippen LogP contribution in [0.15, 0.2) is 24.3 Å². The van der Waals surface area contributed by atoms with Crippen molar-refractivity contribution >= 4 is 33.3 Å². The molecule has 2 amide bonds. The number of nitrogens with one attached hydrogen (secondary N) is 2. The molecule has 0 unspecified atom stereocenters. The molecule has 0 saturated heterocycles. The molecule has 0 bridgehead atoms. The smallest absolute Gasteiger partial charge is 0.325 e. The van der Waals surface area contributed by atoms with E-state index in [1.807, 2.05) is 0 Å². The Morgan fingerprint density at radius 1 is 1.08 bits per heavy atom. The van der Waals surface area contributed by atoms with E-state index in [9.17, 15) is 9.18 Å². The number of amides is 2. The minimum atomic E-state index is -0.437. The summed E-state index contributed by atoms with van der Waals surface area (Å²) in [5.74, 6) is 0.650. The molecule has 2 aromatic rings. The maximum atomic E-state index is 12.9. The largest absolute Gasteiger partial charge is 0.346 e. The average Bonchev–Trinajstić information content (AvgIpc) is 2.96. The second-order valence-corrected chi connectivity index (χ2v) is 7.62. The number of nitrogens with zero attached hydrogens (tertiary/aromatic N) is 3. The molecule has 0 saturated carbocycles. The third-order valence-electron chi connectivity index (χ3n) is 3.18. The third kappa shape index (κ3) is 6.30. The summed E-state index contributed by atoms with van der Waals surface area (Å²) in [5, 5.41) is 14.7. The van der Waals surface area contributed by atoms with Gasteiger partial charge in [0.1, 0.15) is 5.82 Å². The standard InChI is InChI=1S/C17H24FN5OS/c1-11(2)9-23(10-12(3)4)17-22-21-16(25-17)20-15(24)19-14-7-5-13(18)6-8-14/h5-8,11-12H,9-10H2,1-4H3,(H2,19,20,21,24). The topological polar surface area (TPSA) is 70.2 Å². The van der Waals surface area contributed by atoms with Crippen molar-refractivity contribution < 1.29 is 9.18 Å². The van der Waals surface area contributed by atoms with E-state index in [1.165, 1.54) is 35.6 Å². The second-order valence-electron chi connectivity index (χ2n) is 6.67. The molecule has 25 heavy (non-hydrogen) atoms. The molecule has 2 N–H and O–H groups in total. The van der Waals surface area contributed by atoms with Gasteiger partial charge >= 0.3 is 6.03 Å². The van der Waals surface area contributed by atoms with Gasteiger partial charge in [-0.05, 0) is 36.1 Å². The molecule has 1 aromatic heterocycles. The first-order chi connectivity index (χ1) is 11.8. The highest BCUT2D eigenvalue weighted by Gasteiger charge is 2.16. The van der Waals surface area contributed by atoms with Crippen molar-refractivity contribution in [3.63, 3.8) is 0 Å². The molecule has 136 valence electrons. The van der Waals surface area contributed by atoms with Gasteiger partial charge in [-0.2, -0.15) is 0 Å². The number of rotatable bonds is 7. The van der Waals surface area contributed by atoms with Crippen molar-refractivity contribution in [1.82, 2.24) is 10.2 Å². The normalized spacial score (nSPS) is 11.0. The Morgan fingerprint density at radius 3 is 2.24 bits per heavy atom. The highest BCUT2D eigenvalue weighted by molar-refractivity contribution is 7.19. The van der Waals surface area contributed by atoms with Crippen LogP contribution in [0.3, 0.4) is 0 Å². The number of carbonyl (C=O) groups excluding carboxylic acids is 1. The maximum absolute atomic E-state index is 12.9. The Bertz CT molecular complexity index is 677. The molecule has 0 aliphatic rings. The molecule has 1 heterocycles. The van der Waals surface area contributed by atoms with E-state index in [2.05, 4.69) is 53.4 Å². The Labute approximate surface area is 151 Å². The fourth-order valence-corrected chi connectivity index (χ4v) is 3.06. The lowest BCUT2D eigenvalue weighted by molar-refractivity contribution is 0.262. The quantitative estimate of drug-likeness (QED) is 0.761. The van der Waals surface area contributed by atoms with E-state index >= 15 is 0 Å². The summed E-state index contributed by atoms with van der Waals surface area (Å²) in [7, 11) is 0. The number of aromatic nitrogens is 2. The molecule has 8 heteroatoms. The van der Waals surface area contributed by atoms with E-state index in [-0.39, 0.29) is 5.82 Å². The number of benzene rings is 1. The van der Waals surface area contributed by atoms with E-state index in [4.69, 9.17) is 0 Å². The SMILES string of the molecule is CC(C)CN(CC(C)C)c1nnc(NC(=O)Nc2ccc(F)cc2)s1. The van der Waals surface area contributed by atoms with Crippen LogP contribution in [0.1, 0.15) is 27.7 Å². The van der Waals surface area contributed by atoms with Crippen molar-refractivity contribution in [1.29, 1.82) is 0 Å². The molecule has 0 spiro atoms. The van der Waals surface area contributed by atoms with Crippen LogP contribution in [0.2, 0.25) is 0 Å². The molecule has 0 aliphatic carbocycles. The zero-order chi connectivity index (χ0) is 18.4. The van der Waals surface area contributed by atoms with Crippen LogP contribution in [-0.4, -0.2) is 29.3 Å². The highest BCUT2D eigenvalue weighted by atomic mass is 32.1. The lowest BCUT2D eigenvalue weighted by Gasteiger charge is -2.25. The van der Waals surface area contributed by atoms with Gasteiger partial charge in [-0.3, -0.25) is 5.32 Å². The summed E-state index contributed by atoms with van der Waals surface area (Å²) in [6.45, 7) is 10.4. The number of hydrogen-bond donors (Lipinski definition) is 2. The summed E-state index contributed by atoms with van der Waals surface area (Å²) < 4.78 is 12.9. The molecule has 0 atom stereocenters. The highest BCUT2D eigenvalue weighted by Crippen LogP contribution is 2.25. The zero-order valence-corrected chi connectivity index (χ0v) is 15.7. The van der Waals surface area contributed by atoms with Crippen molar-refractivity contribution in [3.8, 4) is 0 Å². The zero-order valence-electron chi connectivity index (χ0n) is 14.9. The predicted molar refractivity (Wildman–Crippen MR) is 101 cm³/mol. The molecule has 0 radical (unpaired) electrons. The molecule has 6 nitrogen and oxygen atoms in total. The lowest BCUT2D eigenvalue weighted by atomic mass is 10.1. The molecule has 2 rings (SSSR count). The van der Waals surface area contributed by atoms with E-state index in [0.717, 1.165) is 18.2 Å². The van der Waals surface area contributed by atoms with Gasteiger partial charge in [0.2, 0.25) is 10.3 Å². The van der Waals surface area contributed by atoms with Crippen LogP contribution < -0.4 is 15.5 Å². The molecule has 1 aromatic carbocycles. The van der Waals surface area contributed by atoms with E-state index < -0.39 is 6.03 Å². The number of anilines is 3. The van der Waals surface area contributed by atoms with Crippen LogP contribution in [0, 0.1) is 17.7 Å². The van der Waals surface area contributed by atoms with Gasteiger partial charge < -0.3 is 10.2 Å². The number of urea groups is 1. The monoisotopic (exact) mass is 365 g/mol. The Kier molecular flexibility index (Phi) is 6.69. The van der Waals surface area contributed by atoms with Crippen LogP contribution >= 0.6 is 11.3 Å². The van der Waals surface area contributed by atoms with Crippen LogP contribution in [0.25, 0.3) is 0 Å². The summed E-state index contributed by atoms with van der Waals surface area (Å²) >= 11 is 1.34. The number of hydrogen-bond acceptors (Lipinski definition) is 5. The van der Waals surface area contributed by atoms with Gasteiger partial charge in [-0.15, -0.1) is 10.2 Å². The number of halogens is 1. The van der Waals surface area contributed by atoms with Crippen LogP contribution in [-0.2, 0) is 0 Å². The third-order valence-corrected chi connectivity index (χ3v) is 4.08. The molecular formula is C17H24FN5OS. The fourth-order valence-electron chi connectivity index (χ4n) is 2.30. The van der Waals surface area contributed by atoms with Gasteiger partial charge in [0.05, 0.1) is 0 Å². The Morgan fingerprint density at radius 2 is 1.68 bits per heavy atom. The Hall–Kier alpha value is -2.22. The minimum Gasteiger partial charge on any atom is -0.346 e. The molecule has 0 fully saturated rings. The lowest BCUT2D eigenvalue weighted by Crippen LogP contribution is -2.31. The van der Waals surface area contributed by atoms with E-state index in [0.29, 0.717) is 22.7 Å².